The van der Waals surface area contributed by atoms with Crippen molar-refractivity contribution in [3.05, 3.63) is 70.0 Å². The third kappa shape index (κ3) is 5.18. The number of hydrogen-bond acceptors (Lipinski definition) is 7. The van der Waals surface area contributed by atoms with E-state index in [2.05, 4.69) is 62.6 Å². The minimum atomic E-state index is -0.0689. The summed E-state index contributed by atoms with van der Waals surface area (Å²) in [6, 6.07) is 16.9. The Bertz CT molecular complexity index is 1280. The molecule has 0 aliphatic carbocycles. The summed E-state index contributed by atoms with van der Waals surface area (Å²) >= 11 is 1.80. The number of nitrogens with zero attached hydrogens (tertiary/aromatic N) is 2. The summed E-state index contributed by atoms with van der Waals surface area (Å²) in [5.74, 6) is 0. The molecule has 1 aromatic heterocycles. The van der Waals surface area contributed by atoms with E-state index in [0.29, 0.717) is 13.2 Å². The first-order valence-corrected chi connectivity index (χ1v) is 13.6. The Morgan fingerprint density at radius 1 is 0.917 bits per heavy atom. The van der Waals surface area contributed by atoms with E-state index >= 15 is 0 Å². The van der Waals surface area contributed by atoms with E-state index in [1.807, 2.05) is 0 Å². The van der Waals surface area contributed by atoms with E-state index < -0.39 is 0 Å². The summed E-state index contributed by atoms with van der Waals surface area (Å²) in [6.45, 7) is 8.67. The normalized spacial score (nSPS) is 17.9. The molecule has 2 saturated heterocycles. The van der Waals surface area contributed by atoms with Crippen molar-refractivity contribution in [3.63, 3.8) is 0 Å². The lowest BCUT2D eigenvalue weighted by Crippen LogP contribution is -2.39. The molecule has 2 N–H and O–H groups in total. The fourth-order valence-corrected chi connectivity index (χ4v) is 6.34. The van der Waals surface area contributed by atoms with Gasteiger partial charge in [-0.05, 0) is 41.8 Å². The molecule has 36 heavy (non-hydrogen) atoms. The zero-order valence-electron chi connectivity index (χ0n) is 20.4. The monoisotopic (exact) mass is 504 g/mol. The number of H-pyrrole nitrogens is 1. The van der Waals surface area contributed by atoms with Crippen molar-refractivity contribution in [1.29, 1.82) is 0 Å². The van der Waals surface area contributed by atoms with Crippen LogP contribution in [0.5, 0.6) is 0 Å². The van der Waals surface area contributed by atoms with Crippen LogP contribution in [0, 0.1) is 0 Å². The lowest BCUT2D eigenvalue weighted by molar-refractivity contribution is 0.0398. The second-order valence-electron chi connectivity index (χ2n) is 9.49. The average Bonchev–Trinajstić information content (AvgIpc) is 2.92. The molecule has 2 fully saturated rings. The Morgan fingerprint density at radius 3 is 2.56 bits per heavy atom. The summed E-state index contributed by atoms with van der Waals surface area (Å²) in [5, 5.41) is 3.60. The van der Waals surface area contributed by atoms with Gasteiger partial charge in [-0.1, -0.05) is 30.0 Å². The molecule has 2 aromatic carbocycles. The quantitative estimate of drug-likeness (QED) is 0.415. The SMILES string of the molecule is O=c1cc(N2CCOCC2)cc(-c2cccc3c2Sc2ccc(NCCN4CCOCC4)cc2C3)[nH]1. The van der Waals surface area contributed by atoms with E-state index in [0.717, 1.165) is 75.8 Å². The van der Waals surface area contributed by atoms with Gasteiger partial charge in [0.1, 0.15) is 0 Å². The smallest absolute Gasteiger partial charge is 0.250 e. The Morgan fingerprint density at radius 2 is 1.72 bits per heavy atom. The third-order valence-electron chi connectivity index (χ3n) is 7.11. The number of benzene rings is 2. The number of nitrogens with one attached hydrogen (secondary N) is 2. The van der Waals surface area contributed by atoms with E-state index in [-0.39, 0.29) is 5.56 Å². The molecule has 0 spiro atoms. The summed E-state index contributed by atoms with van der Waals surface area (Å²) < 4.78 is 10.9. The molecule has 7 nitrogen and oxygen atoms in total. The highest BCUT2D eigenvalue weighted by atomic mass is 32.2. The van der Waals surface area contributed by atoms with Crippen molar-refractivity contribution >= 4 is 23.1 Å². The number of rotatable bonds is 6. The second-order valence-corrected chi connectivity index (χ2v) is 10.5. The van der Waals surface area contributed by atoms with Crippen LogP contribution >= 0.6 is 11.8 Å². The second kappa shape index (κ2) is 10.7. The van der Waals surface area contributed by atoms with Crippen molar-refractivity contribution in [1.82, 2.24) is 9.88 Å². The average molecular weight is 505 g/mol. The minimum Gasteiger partial charge on any atom is -0.384 e. The number of ether oxygens (including phenoxy) is 2. The maximum Gasteiger partial charge on any atom is 0.250 e. The van der Waals surface area contributed by atoms with Crippen LogP contribution in [0.15, 0.2) is 63.1 Å². The number of aromatic amines is 1. The third-order valence-corrected chi connectivity index (χ3v) is 8.41. The Kier molecular flexibility index (Phi) is 7.01. The largest absolute Gasteiger partial charge is 0.384 e. The number of fused-ring (bicyclic) bond motifs is 2. The topological polar surface area (TPSA) is 69.8 Å². The maximum absolute atomic E-state index is 12.6. The molecule has 0 unspecified atom stereocenters. The molecular weight excluding hydrogens is 472 g/mol. The number of morpholine rings is 2. The van der Waals surface area contributed by atoms with Gasteiger partial charge in [-0.25, -0.2) is 0 Å². The molecule has 0 saturated carbocycles. The number of hydrogen-bond donors (Lipinski definition) is 2. The predicted octanol–water partition coefficient (Wildman–Crippen LogP) is 3.68. The van der Waals surface area contributed by atoms with Crippen LogP contribution in [0.3, 0.4) is 0 Å². The molecule has 0 bridgehead atoms. The van der Waals surface area contributed by atoms with Crippen molar-refractivity contribution in [3.8, 4) is 11.3 Å². The Hall–Kier alpha value is -2.78. The fourth-order valence-electron chi connectivity index (χ4n) is 5.16. The number of anilines is 2. The van der Waals surface area contributed by atoms with Gasteiger partial charge in [0.2, 0.25) is 5.56 Å². The zero-order chi connectivity index (χ0) is 24.3. The van der Waals surface area contributed by atoms with E-state index in [4.69, 9.17) is 9.47 Å². The van der Waals surface area contributed by atoms with Gasteiger partial charge in [-0.3, -0.25) is 9.69 Å². The van der Waals surface area contributed by atoms with Gasteiger partial charge < -0.3 is 24.7 Å². The van der Waals surface area contributed by atoms with Crippen LogP contribution in [-0.2, 0) is 15.9 Å². The van der Waals surface area contributed by atoms with E-state index in [9.17, 15) is 4.79 Å². The summed E-state index contributed by atoms with van der Waals surface area (Å²) in [7, 11) is 0. The van der Waals surface area contributed by atoms with Crippen molar-refractivity contribution in [2.45, 2.75) is 16.2 Å². The van der Waals surface area contributed by atoms with Crippen LogP contribution in [0.25, 0.3) is 11.3 Å². The van der Waals surface area contributed by atoms with E-state index in [1.165, 1.54) is 26.6 Å². The van der Waals surface area contributed by atoms with Gasteiger partial charge in [-0.15, -0.1) is 0 Å². The molecule has 3 aromatic rings. The van der Waals surface area contributed by atoms with Gasteiger partial charge >= 0.3 is 0 Å². The maximum atomic E-state index is 12.6. The first kappa shape index (κ1) is 23.6. The van der Waals surface area contributed by atoms with Gasteiger partial charge in [0.05, 0.1) is 32.1 Å². The predicted molar refractivity (Wildman–Crippen MR) is 145 cm³/mol. The van der Waals surface area contributed by atoms with Crippen molar-refractivity contribution in [2.75, 3.05) is 75.9 Å². The highest BCUT2D eigenvalue weighted by Gasteiger charge is 2.21. The molecule has 0 amide bonds. The van der Waals surface area contributed by atoms with Gasteiger partial charge in [0, 0.05) is 72.1 Å². The van der Waals surface area contributed by atoms with Crippen LogP contribution in [-0.4, -0.2) is 75.6 Å². The molecule has 188 valence electrons. The Balaban J connectivity index is 1.21. The molecule has 6 rings (SSSR count). The number of pyridine rings is 1. The van der Waals surface area contributed by atoms with Crippen LogP contribution in [0.1, 0.15) is 11.1 Å². The van der Waals surface area contributed by atoms with Gasteiger partial charge in [0.15, 0.2) is 0 Å². The minimum absolute atomic E-state index is 0.0689. The number of aromatic nitrogens is 1. The molecule has 3 aliphatic rings. The van der Waals surface area contributed by atoms with Gasteiger partial charge in [-0.2, -0.15) is 0 Å². The molecule has 0 atom stereocenters. The van der Waals surface area contributed by atoms with Crippen LogP contribution in [0.2, 0.25) is 0 Å². The standard InChI is InChI=1S/C28H32N4O3S/c33-27-19-23(32-10-14-35-15-11-32)18-25(30-27)24-3-1-2-20-16-21-17-22(4-5-26(21)36-28(20)24)29-6-7-31-8-12-34-13-9-31/h1-5,17-19,29H,6-16H2,(H,30,33). The molecule has 8 heteroatoms. The van der Waals surface area contributed by atoms with Crippen molar-refractivity contribution < 1.29 is 9.47 Å². The fraction of sp³-hybridized carbons (Fsp3) is 0.393. The first-order valence-electron chi connectivity index (χ1n) is 12.8. The first-order chi connectivity index (χ1) is 17.7. The summed E-state index contributed by atoms with van der Waals surface area (Å²) in [4.78, 5) is 22.9. The molecule has 4 heterocycles. The summed E-state index contributed by atoms with van der Waals surface area (Å²) in [6.07, 6.45) is 0.887. The molecule has 3 aliphatic heterocycles. The zero-order valence-corrected chi connectivity index (χ0v) is 21.2. The Labute approximate surface area is 215 Å². The van der Waals surface area contributed by atoms with E-state index in [1.54, 1.807) is 17.8 Å². The van der Waals surface area contributed by atoms with Gasteiger partial charge in [0.25, 0.3) is 0 Å². The molecule has 0 radical (unpaired) electrons. The van der Waals surface area contributed by atoms with Crippen molar-refractivity contribution in [2.24, 2.45) is 0 Å². The van der Waals surface area contributed by atoms with Crippen LogP contribution in [0.4, 0.5) is 11.4 Å². The molecular formula is C28H32N4O3S. The summed E-state index contributed by atoms with van der Waals surface area (Å²) in [5.41, 5.74) is 6.67. The highest BCUT2D eigenvalue weighted by molar-refractivity contribution is 7.99. The lowest BCUT2D eigenvalue weighted by atomic mass is 9.99. The highest BCUT2D eigenvalue weighted by Crippen LogP contribution is 2.45. The van der Waals surface area contributed by atoms with Crippen LogP contribution < -0.4 is 15.8 Å². The lowest BCUT2D eigenvalue weighted by Gasteiger charge is -2.29.